The van der Waals surface area contributed by atoms with Gasteiger partial charge in [-0.25, -0.2) is 0 Å². The Balaban J connectivity index is 0.00000182. The number of carbonyl (C=O) groups excluding carboxylic acids is 1. The average molecular weight is 359 g/mol. The van der Waals surface area contributed by atoms with E-state index in [-0.39, 0.29) is 23.9 Å². The fraction of sp³-hybridized carbons (Fsp3) is 0.350. The molecule has 132 valence electrons. The number of hydrogen-bond donors (Lipinski definition) is 1. The largest absolute Gasteiger partial charge is 0.489 e. The molecule has 0 radical (unpaired) electrons. The Morgan fingerprint density at radius 3 is 2.48 bits per heavy atom. The maximum Gasteiger partial charge on any atom is 0.253 e. The van der Waals surface area contributed by atoms with Crippen molar-refractivity contribution >= 4 is 18.3 Å². The number of rotatable bonds is 4. The molecule has 1 spiro atoms. The van der Waals surface area contributed by atoms with Gasteiger partial charge in [-0.1, -0.05) is 30.3 Å². The molecule has 0 bridgehead atoms. The molecule has 1 saturated carbocycles. The Labute approximate surface area is 154 Å². The van der Waals surface area contributed by atoms with E-state index in [1.165, 1.54) is 12.8 Å². The van der Waals surface area contributed by atoms with Gasteiger partial charge in [-0.3, -0.25) is 4.79 Å². The van der Waals surface area contributed by atoms with Crippen molar-refractivity contribution in [3.05, 3.63) is 65.7 Å². The van der Waals surface area contributed by atoms with Crippen molar-refractivity contribution in [1.29, 1.82) is 0 Å². The fourth-order valence-corrected chi connectivity index (χ4v) is 3.23. The van der Waals surface area contributed by atoms with Crippen molar-refractivity contribution in [2.24, 2.45) is 0 Å². The number of hydrogen-bond acceptors (Lipinski definition) is 3. The van der Waals surface area contributed by atoms with E-state index in [1.807, 2.05) is 59.5 Å². The van der Waals surface area contributed by atoms with Crippen LogP contribution in [0.2, 0.25) is 0 Å². The minimum absolute atomic E-state index is 0. The number of nitrogens with one attached hydrogen (secondary N) is 1. The summed E-state index contributed by atoms with van der Waals surface area (Å²) in [6, 6.07) is 17.6. The summed E-state index contributed by atoms with van der Waals surface area (Å²) in [5.74, 6) is 0.909. The highest BCUT2D eigenvalue weighted by molar-refractivity contribution is 5.94. The summed E-state index contributed by atoms with van der Waals surface area (Å²) in [6.07, 6.45) is 2.37. The summed E-state index contributed by atoms with van der Waals surface area (Å²) in [4.78, 5) is 14.6. The Morgan fingerprint density at radius 1 is 1.08 bits per heavy atom. The predicted molar refractivity (Wildman–Crippen MR) is 100 cm³/mol. The van der Waals surface area contributed by atoms with Crippen LogP contribution in [0.25, 0.3) is 0 Å². The molecule has 1 N–H and O–H groups in total. The average Bonchev–Trinajstić information content (AvgIpc) is 3.39. The third-order valence-corrected chi connectivity index (χ3v) is 4.87. The maximum atomic E-state index is 12.7. The van der Waals surface area contributed by atoms with Crippen molar-refractivity contribution in [3.63, 3.8) is 0 Å². The third kappa shape index (κ3) is 4.14. The second-order valence-corrected chi connectivity index (χ2v) is 6.73. The topological polar surface area (TPSA) is 41.6 Å². The summed E-state index contributed by atoms with van der Waals surface area (Å²) in [7, 11) is 0. The minimum Gasteiger partial charge on any atom is -0.489 e. The fourth-order valence-electron chi connectivity index (χ4n) is 3.23. The summed E-state index contributed by atoms with van der Waals surface area (Å²) in [5, 5.41) is 3.53. The summed E-state index contributed by atoms with van der Waals surface area (Å²) < 4.78 is 5.78. The van der Waals surface area contributed by atoms with Crippen LogP contribution in [0.1, 0.15) is 28.8 Å². The quantitative estimate of drug-likeness (QED) is 0.912. The number of halogens is 1. The Kier molecular flexibility index (Phi) is 5.30. The summed E-state index contributed by atoms with van der Waals surface area (Å²) >= 11 is 0. The van der Waals surface area contributed by atoms with Gasteiger partial charge in [0.05, 0.1) is 0 Å². The van der Waals surface area contributed by atoms with Gasteiger partial charge in [0.25, 0.3) is 5.91 Å². The van der Waals surface area contributed by atoms with Gasteiger partial charge in [-0.2, -0.15) is 0 Å². The lowest BCUT2D eigenvalue weighted by atomic mass is 10.1. The smallest absolute Gasteiger partial charge is 0.253 e. The molecule has 2 aromatic carbocycles. The number of carbonyl (C=O) groups is 1. The number of amides is 1. The highest BCUT2D eigenvalue weighted by atomic mass is 35.5. The van der Waals surface area contributed by atoms with Crippen LogP contribution < -0.4 is 10.1 Å². The molecular formula is C20H23ClN2O2. The van der Waals surface area contributed by atoms with Crippen molar-refractivity contribution in [3.8, 4) is 5.75 Å². The molecule has 1 amide bonds. The van der Waals surface area contributed by atoms with Gasteiger partial charge in [0, 0.05) is 30.7 Å². The van der Waals surface area contributed by atoms with Gasteiger partial charge >= 0.3 is 0 Å². The maximum absolute atomic E-state index is 12.7. The molecule has 2 aliphatic rings. The predicted octanol–water partition coefficient (Wildman–Crippen LogP) is 3.27. The van der Waals surface area contributed by atoms with Crippen molar-refractivity contribution in [1.82, 2.24) is 10.2 Å². The molecule has 0 aromatic heterocycles. The van der Waals surface area contributed by atoms with Gasteiger partial charge < -0.3 is 15.0 Å². The van der Waals surface area contributed by atoms with E-state index in [9.17, 15) is 4.79 Å². The van der Waals surface area contributed by atoms with E-state index in [1.54, 1.807) is 0 Å². The van der Waals surface area contributed by atoms with Crippen LogP contribution in [0.4, 0.5) is 0 Å². The molecule has 25 heavy (non-hydrogen) atoms. The standard InChI is InChI=1S/C20H22N2O2.ClH/c23-19(22-13-12-21-20(15-22)10-11-20)17-6-8-18(9-7-17)24-14-16-4-2-1-3-5-16;/h1-9,21H,10-15H2;1H. The number of nitrogens with zero attached hydrogens (tertiary/aromatic N) is 1. The lowest BCUT2D eigenvalue weighted by molar-refractivity contribution is 0.0691. The molecule has 4 rings (SSSR count). The first-order valence-electron chi connectivity index (χ1n) is 8.55. The molecule has 1 heterocycles. The Bertz CT molecular complexity index is 714. The molecule has 1 aliphatic heterocycles. The number of piperazine rings is 1. The van der Waals surface area contributed by atoms with E-state index < -0.39 is 0 Å². The first-order valence-corrected chi connectivity index (χ1v) is 8.55. The second kappa shape index (κ2) is 7.46. The highest BCUT2D eigenvalue weighted by Crippen LogP contribution is 2.37. The zero-order valence-corrected chi connectivity index (χ0v) is 14.9. The molecule has 4 nitrogen and oxygen atoms in total. The molecule has 2 fully saturated rings. The van der Waals surface area contributed by atoms with Gasteiger partial charge in [0.2, 0.25) is 0 Å². The lowest BCUT2D eigenvalue weighted by Crippen LogP contribution is -2.54. The van der Waals surface area contributed by atoms with Gasteiger partial charge in [0.15, 0.2) is 0 Å². The van der Waals surface area contributed by atoms with Crippen molar-refractivity contribution in [2.45, 2.75) is 25.0 Å². The lowest BCUT2D eigenvalue weighted by Gasteiger charge is -2.34. The van der Waals surface area contributed by atoms with Crippen molar-refractivity contribution in [2.75, 3.05) is 19.6 Å². The zero-order chi connectivity index (χ0) is 16.4. The van der Waals surface area contributed by atoms with Crippen LogP contribution in [0.3, 0.4) is 0 Å². The van der Waals surface area contributed by atoms with E-state index in [0.717, 1.165) is 36.5 Å². The van der Waals surface area contributed by atoms with Gasteiger partial charge in [-0.05, 0) is 42.7 Å². The summed E-state index contributed by atoms with van der Waals surface area (Å²) in [6.45, 7) is 3.05. The second-order valence-electron chi connectivity index (χ2n) is 6.73. The normalized spacial score (nSPS) is 17.7. The van der Waals surface area contributed by atoms with Crippen molar-refractivity contribution < 1.29 is 9.53 Å². The molecule has 1 aliphatic carbocycles. The van der Waals surface area contributed by atoms with Gasteiger partial charge in [-0.15, -0.1) is 12.4 Å². The van der Waals surface area contributed by atoms with E-state index >= 15 is 0 Å². The van der Waals surface area contributed by atoms with E-state index in [4.69, 9.17) is 4.74 Å². The highest BCUT2D eigenvalue weighted by Gasteiger charge is 2.46. The minimum atomic E-state index is 0. The molecule has 0 atom stereocenters. The van der Waals surface area contributed by atoms with Crippen LogP contribution in [-0.2, 0) is 6.61 Å². The monoisotopic (exact) mass is 358 g/mol. The van der Waals surface area contributed by atoms with Crippen LogP contribution >= 0.6 is 12.4 Å². The SMILES string of the molecule is Cl.O=C(c1ccc(OCc2ccccc2)cc1)N1CCNC2(CC2)C1. The Hall–Kier alpha value is -2.04. The molecule has 2 aromatic rings. The number of benzene rings is 2. The van der Waals surface area contributed by atoms with Crippen LogP contribution in [0, 0.1) is 0 Å². The molecule has 0 unspecified atom stereocenters. The van der Waals surface area contributed by atoms with Crippen LogP contribution in [0.5, 0.6) is 5.75 Å². The van der Waals surface area contributed by atoms with Gasteiger partial charge in [0.1, 0.15) is 12.4 Å². The van der Waals surface area contributed by atoms with Crippen LogP contribution in [-0.4, -0.2) is 36.0 Å². The molecule has 1 saturated heterocycles. The van der Waals surface area contributed by atoms with E-state index in [0.29, 0.717) is 6.61 Å². The number of ether oxygens (including phenoxy) is 1. The van der Waals surface area contributed by atoms with Crippen LogP contribution in [0.15, 0.2) is 54.6 Å². The summed E-state index contributed by atoms with van der Waals surface area (Å²) in [5.41, 5.74) is 2.08. The Morgan fingerprint density at radius 2 is 1.80 bits per heavy atom. The first kappa shape index (κ1) is 17.8. The zero-order valence-electron chi connectivity index (χ0n) is 14.1. The first-order chi connectivity index (χ1) is 11.7. The molecule has 5 heteroatoms. The third-order valence-electron chi connectivity index (χ3n) is 4.87. The molecular weight excluding hydrogens is 336 g/mol. The van der Waals surface area contributed by atoms with E-state index in [2.05, 4.69) is 5.32 Å².